The zero-order valence-corrected chi connectivity index (χ0v) is 12.4. The van der Waals surface area contributed by atoms with Crippen molar-refractivity contribution in [3.05, 3.63) is 35.1 Å². The zero-order valence-electron chi connectivity index (χ0n) is 11.6. The van der Waals surface area contributed by atoms with Gasteiger partial charge in [0.1, 0.15) is 11.9 Å². The third-order valence-electron chi connectivity index (χ3n) is 3.10. The lowest BCUT2D eigenvalue weighted by Crippen LogP contribution is -2.42. The molecule has 0 heterocycles. The van der Waals surface area contributed by atoms with E-state index in [0.29, 0.717) is 5.56 Å². The number of aryl methyl sites for hydroxylation is 1. The number of carbonyl (C=O) groups is 1. The average Bonchev–Trinajstić information content (AvgIpc) is 2.33. The largest absolute Gasteiger partial charge is 0.480 e. The molecule has 5 nitrogen and oxygen atoms in total. The second kappa shape index (κ2) is 6.32. The van der Waals surface area contributed by atoms with Crippen LogP contribution in [-0.2, 0) is 20.6 Å². The van der Waals surface area contributed by atoms with Crippen LogP contribution in [0.15, 0.2) is 18.2 Å². The molecule has 20 heavy (non-hydrogen) atoms. The van der Waals surface area contributed by atoms with E-state index < -0.39 is 33.6 Å². The third-order valence-corrected chi connectivity index (χ3v) is 4.90. The van der Waals surface area contributed by atoms with Crippen molar-refractivity contribution in [3.8, 4) is 0 Å². The second-order valence-corrected chi connectivity index (χ2v) is 6.66. The van der Waals surface area contributed by atoms with Gasteiger partial charge < -0.3 is 5.11 Å². The van der Waals surface area contributed by atoms with Crippen LogP contribution < -0.4 is 0 Å². The summed E-state index contributed by atoms with van der Waals surface area (Å²) in [5.74, 6) is -2.38. The molecule has 1 unspecified atom stereocenters. The highest BCUT2D eigenvalue weighted by Crippen LogP contribution is 2.17. The number of halogens is 1. The molecule has 0 saturated carbocycles. The molecule has 0 spiro atoms. The summed E-state index contributed by atoms with van der Waals surface area (Å²) < 4.78 is 38.7. The first-order valence-corrected chi connectivity index (χ1v) is 7.73. The van der Waals surface area contributed by atoms with Crippen molar-refractivity contribution in [1.82, 2.24) is 4.31 Å². The van der Waals surface area contributed by atoms with Crippen molar-refractivity contribution in [2.75, 3.05) is 7.05 Å². The number of benzene rings is 1. The molecule has 7 heteroatoms. The lowest BCUT2D eigenvalue weighted by Gasteiger charge is -2.23. The Labute approximate surface area is 118 Å². The van der Waals surface area contributed by atoms with E-state index in [-0.39, 0.29) is 12.0 Å². The van der Waals surface area contributed by atoms with Gasteiger partial charge in [0, 0.05) is 12.6 Å². The molecule has 1 aromatic rings. The van der Waals surface area contributed by atoms with Gasteiger partial charge in [-0.05, 0) is 25.0 Å². The summed E-state index contributed by atoms with van der Waals surface area (Å²) in [5.41, 5.74) is 0.719. The molecule has 1 atom stereocenters. The van der Waals surface area contributed by atoms with Crippen LogP contribution in [0.5, 0.6) is 0 Å². The molecule has 0 aliphatic rings. The van der Waals surface area contributed by atoms with Gasteiger partial charge in [-0.15, -0.1) is 0 Å². The van der Waals surface area contributed by atoms with Crippen LogP contribution in [0.4, 0.5) is 4.39 Å². The summed E-state index contributed by atoms with van der Waals surface area (Å²) in [4.78, 5) is 11.0. The maximum absolute atomic E-state index is 13.7. The first kappa shape index (κ1) is 16.6. The molecule has 0 aromatic heterocycles. The van der Waals surface area contributed by atoms with E-state index in [9.17, 15) is 17.6 Å². The molecule has 0 bridgehead atoms. The molecule has 1 rings (SSSR count). The lowest BCUT2D eigenvalue weighted by atomic mass is 10.2. The summed E-state index contributed by atoms with van der Waals surface area (Å²) >= 11 is 0. The van der Waals surface area contributed by atoms with Gasteiger partial charge in [-0.2, -0.15) is 4.31 Å². The van der Waals surface area contributed by atoms with Gasteiger partial charge in [-0.3, -0.25) is 4.79 Å². The highest BCUT2D eigenvalue weighted by atomic mass is 32.2. The Balaban J connectivity index is 3.02. The van der Waals surface area contributed by atoms with Crippen LogP contribution in [0.3, 0.4) is 0 Å². The van der Waals surface area contributed by atoms with Crippen molar-refractivity contribution in [2.24, 2.45) is 0 Å². The Morgan fingerprint density at radius 2 is 2.05 bits per heavy atom. The highest BCUT2D eigenvalue weighted by molar-refractivity contribution is 7.88. The van der Waals surface area contributed by atoms with Crippen LogP contribution in [0.25, 0.3) is 0 Å². The minimum Gasteiger partial charge on any atom is -0.480 e. The molecule has 0 radical (unpaired) electrons. The summed E-state index contributed by atoms with van der Waals surface area (Å²) in [6, 6.07) is 3.12. The Bertz CT molecular complexity index is 600. The van der Waals surface area contributed by atoms with Gasteiger partial charge in [0.05, 0.1) is 5.75 Å². The number of carboxylic acid groups (broad SMARTS) is 1. The van der Waals surface area contributed by atoms with Gasteiger partial charge in [0.2, 0.25) is 10.0 Å². The molecule has 0 aliphatic heterocycles. The van der Waals surface area contributed by atoms with Crippen molar-refractivity contribution in [2.45, 2.75) is 32.1 Å². The Hall–Kier alpha value is -1.47. The number of sulfonamides is 1. The van der Waals surface area contributed by atoms with E-state index in [1.807, 2.05) is 0 Å². The monoisotopic (exact) mass is 303 g/mol. The van der Waals surface area contributed by atoms with E-state index in [0.717, 1.165) is 4.31 Å². The average molecular weight is 303 g/mol. The number of nitrogens with zero attached hydrogens (tertiary/aromatic N) is 1. The lowest BCUT2D eigenvalue weighted by molar-refractivity contribution is -0.141. The van der Waals surface area contributed by atoms with Crippen LogP contribution in [-0.4, -0.2) is 36.9 Å². The van der Waals surface area contributed by atoms with E-state index >= 15 is 0 Å². The molecule has 0 aliphatic carbocycles. The minimum absolute atomic E-state index is 0.0303. The first-order chi connectivity index (χ1) is 9.19. The van der Waals surface area contributed by atoms with Gasteiger partial charge >= 0.3 is 5.97 Å². The van der Waals surface area contributed by atoms with Crippen LogP contribution >= 0.6 is 0 Å². The quantitative estimate of drug-likeness (QED) is 0.869. The topological polar surface area (TPSA) is 74.7 Å². The zero-order chi connectivity index (χ0) is 15.5. The maximum Gasteiger partial charge on any atom is 0.321 e. The number of hydrogen-bond donors (Lipinski definition) is 1. The molecular formula is C13H18FNO4S. The molecule has 1 aromatic carbocycles. The molecule has 0 fully saturated rings. The molecule has 112 valence electrons. The normalized spacial score (nSPS) is 13.4. The van der Waals surface area contributed by atoms with Gasteiger partial charge in [0.25, 0.3) is 0 Å². The van der Waals surface area contributed by atoms with Crippen LogP contribution in [0, 0.1) is 12.7 Å². The summed E-state index contributed by atoms with van der Waals surface area (Å²) in [7, 11) is -2.69. The number of rotatable bonds is 6. The Kier molecular flexibility index (Phi) is 5.24. The van der Waals surface area contributed by atoms with Crippen molar-refractivity contribution in [3.63, 3.8) is 0 Å². The highest BCUT2D eigenvalue weighted by Gasteiger charge is 2.30. The number of carboxylic acids is 1. The fourth-order valence-corrected chi connectivity index (χ4v) is 3.31. The van der Waals surface area contributed by atoms with E-state index in [1.165, 1.54) is 19.2 Å². The second-order valence-electron chi connectivity index (χ2n) is 4.63. The summed E-state index contributed by atoms with van der Waals surface area (Å²) in [6.45, 7) is 3.28. The predicted octanol–water partition coefficient (Wildman–Crippen LogP) is 1.76. The minimum atomic E-state index is -3.89. The SMILES string of the molecule is CCC(C(=O)O)N(C)S(=O)(=O)Cc1ccc(C)cc1F. The number of aliphatic carboxylic acids is 1. The van der Waals surface area contributed by atoms with Gasteiger partial charge in [-0.25, -0.2) is 12.8 Å². The Morgan fingerprint density at radius 1 is 1.45 bits per heavy atom. The van der Waals surface area contributed by atoms with E-state index in [2.05, 4.69) is 0 Å². The molecule has 1 N–H and O–H groups in total. The van der Waals surface area contributed by atoms with Gasteiger partial charge in [-0.1, -0.05) is 19.1 Å². The third kappa shape index (κ3) is 3.77. The fourth-order valence-electron chi connectivity index (χ4n) is 1.85. The van der Waals surface area contributed by atoms with E-state index in [1.54, 1.807) is 19.9 Å². The van der Waals surface area contributed by atoms with Crippen molar-refractivity contribution >= 4 is 16.0 Å². The maximum atomic E-state index is 13.7. The summed E-state index contributed by atoms with van der Waals surface area (Å²) in [6.07, 6.45) is 0.140. The standard InChI is InChI=1S/C13H18FNO4S/c1-4-12(13(16)17)15(3)20(18,19)8-10-6-5-9(2)7-11(10)14/h5-7,12H,4,8H2,1-3H3,(H,16,17). The van der Waals surface area contributed by atoms with Crippen molar-refractivity contribution in [1.29, 1.82) is 0 Å². The smallest absolute Gasteiger partial charge is 0.321 e. The first-order valence-electron chi connectivity index (χ1n) is 6.12. The predicted molar refractivity (Wildman–Crippen MR) is 73.2 cm³/mol. The van der Waals surface area contributed by atoms with Gasteiger partial charge in [0.15, 0.2) is 0 Å². The molecule has 0 amide bonds. The number of hydrogen-bond acceptors (Lipinski definition) is 3. The fraction of sp³-hybridized carbons (Fsp3) is 0.462. The van der Waals surface area contributed by atoms with E-state index in [4.69, 9.17) is 5.11 Å². The number of likely N-dealkylation sites (N-methyl/N-ethyl adjacent to an activating group) is 1. The Morgan fingerprint density at radius 3 is 2.50 bits per heavy atom. The molecule has 0 saturated heterocycles. The van der Waals surface area contributed by atoms with Crippen LogP contribution in [0.1, 0.15) is 24.5 Å². The summed E-state index contributed by atoms with van der Waals surface area (Å²) in [5, 5.41) is 8.98. The van der Waals surface area contributed by atoms with Crippen LogP contribution in [0.2, 0.25) is 0 Å². The van der Waals surface area contributed by atoms with Crippen molar-refractivity contribution < 1.29 is 22.7 Å². The molecular weight excluding hydrogens is 285 g/mol.